The van der Waals surface area contributed by atoms with E-state index in [1.54, 1.807) is 0 Å². The van der Waals surface area contributed by atoms with Gasteiger partial charge in [-0.2, -0.15) is 13.5 Å². The van der Waals surface area contributed by atoms with Crippen molar-refractivity contribution >= 4 is 62.4 Å². The van der Waals surface area contributed by atoms with E-state index in [2.05, 4.69) is 37.3 Å². The van der Waals surface area contributed by atoms with Crippen LogP contribution in [0.1, 0.15) is 53.9 Å². The molecule has 0 heterocycles. The zero-order valence-electron chi connectivity index (χ0n) is 12.5. The van der Waals surface area contributed by atoms with Crippen molar-refractivity contribution in [2.75, 3.05) is 0 Å². The molecule has 0 nitrogen and oxygen atoms in total. The van der Waals surface area contributed by atoms with Crippen molar-refractivity contribution in [1.82, 2.24) is 0 Å². The van der Waals surface area contributed by atoms with Crippen LogP contribution in [0.5, 0.6) is 0 Å². The summed E-state index contributed by atoms with van der Waals surface area (Å²) < 4.78 is 0. The first kappa shape index (κ1) is 19.5. The predicted molar refractivity (Wildman–Crippen MR) is 81.9 cm³/mol. The summed E-state index contributed by atoms with van der Waals surface area (Å²) in [6.45, 7) is 2.27. The molecule has 0 aromatic heterocycles. The average molecular weight is 364 g/mol. The monoisotopic (exact) mass is 364 g/mol. The van der Waals surface area contributed by atoms with Crippen LogP contribution in [0.2, 0.25) is 0 Å². The first-order valence-electron chi connectivity index (χ1n) is 5.97. The first-order chi connectivity index (χ1) is 6.93. The molecule has 2 heteroatoms. The standard InChI is InChI=1S/C14H22.Ba.H2S.2H/c1-2-3-4-5-6-8-11-14-12-9-7-10-13-14;;;;/h7,9-10,12-13H,2-6,8,11H2,1H3;;1H2;;/q;+2;;2*-1. The summed E-state index contributed by atoms with van der Waals surface area (Å²) in [5, 5.41) is 0. The molecule has 16 heavy (non-hydrogen) atoms. The molecule has 1 rings (SSSR count). The zero-order valence-corrected chi connectivity index (χ0v) is 16.0. The van der Waals surface area contributed by atoms with Gasteiger partial charge in [-0.05, 0) is 18.4 Å². The maximum absolute atomic E-state index is 2.27. The van der Waals surface area contributed by atoms with Crippen LogP contribution in [0.25, 0.3) is 0 Å². The van der Waals surface area contributed by atoms with E-state index >= 15 is 0 Å². The van der Waals surface area contributed by atoms with Gasteiger partial charge in [0.15, 0.2) is 0 Å². The van der Waals surface area contributed by atoms with E-state index < -0.39 is 0 Å². The third kappa shape index (κ3) is 10.3. The van der Waals surface area contributed by atoms with E-state index in [1.165, 1.54) is 50.5 Å². The molecular weight excluding hydrogens is 338 g/mol. The van der Waals surface area contributed by atoms with Gasteiger partial charge in [-0.1, -0.05) is 69.4 Å². The Morgan fingerprint density at radius 2 is 1.44 bits per heavy atom. The Kier molecular flexibility index (Phi) is 17.3. The van der Waals surface area contributed by atoms with Crippen LogP contribution in [0, 0.1) is 0 Å². The predicted octanol–water partition coefficient (Wildman–Crippen LogP) is 4.55. The van der Waals surface area contributed by atoms with E-state index in [0.29, 0.717) is 0 Å². The molecule has 0 aliphatic heterocycles. The minimum Gasteiger partial charge on any atom is -1.00 e. The second-order valence-electron chi connectivity index (χ2n) is 4.00. The van der Waals surface area contributed by atoms with Crippen LogP contribution < -0.4 is 0 Å². The fourth-order valence-electron chi connectivity index (χ4n) is 1.75. The van der Waals surface area contributed by atoms with E-state index in [-0.39, 0.29) is 65.2 Å². The average Bonchev–Trinajstić information content (AvgIpc) is 2.25. The largest absolute Gasteiger partial charge is 2.00 e. The molecule has 0 unspecified atom stereocenters. The van der Waals surface area contributed by atoms with Gasteiger partial charge >= 0.3 is 48.9 Å². The summed E-state index contributed by atoms with van der Waals surface area (Å²) in [5.74, 6) is 0. The Balaban J connectivity index is -0.000000245. The summed E-state index contributed by atoms with van der Waals surface area (Å²) in [5.41, 5.74) is 1.49. The van der Waals surface area contributed by atoms with Gasteiger partial charge in [0.2, 0.25) is 0 Å². The molecule has 0 amide bonds. The van der Waals surface area contributed by atoms with Crippen molar-refractivity contribution in [3.05, 3.63) is 35.9 Å². The Hall–Kier alpha value is 1.14. The van der Waals surface area contributed by atoms with Crippen LogP contribution in [0.15, 0.2) is 30.3 Å². The molecule has 0 aliphatic rings. The third-order valence-corrected chi connectivity index (χ3v) is 2.66. The number of benzene rings is 1. The van der Waals surface area contributed by atoms with Crippen molar-refractivity contribution in [2.45, 2.75) is 51.9 Å². The summed E-state index contributed by atoms with van der Waals surface area (Å²) in [6.07, 6.45) is 9.60. The minimum absolute atomic E-state index is 0. The summed E-state index contributed by atoms with van der Waals surface area (Å²) >= 11 is 0. The summed E-state index contributed by atoms with van der Waals surface area (Å²) in [6, 6.07) is 10.8. The molecule has 1 aromatic rings. The van der Waals surface area contributed by atoms with Crippen molar-refractivity contribution in [3.8, 4) is 0 Å². The van der Waals surface area contributed by atoms with Crippen LogP contribution in [0.4, 0.5) is 0 Å². The molecule has 0 N–H and O–H groups in total. The van der Waals surface area contributed by atoms with Crippen LogP contribution in [-0.4, -0.2) is 48.9 Å². The Morgan fingerprint density at radius 3 is 2.06 bits per heavy atom. The van der Waals surface area contributed by atoms with Crippen LogP contribution in [-0.2, 0) is 6.42 Å². The second-order valence-corrected chi connectivity index (χ2v) is 4.00. The van der Waals surface area contributed by atoms with Gasteiger partial charge in [0, 0.05) is 0 Å². The fraction of sp³-hybridized carbons (Fsp3) is 0.571. The molecule has 0 saturated heterocycles. The molecule has 0 saturated carbocycles. The quantitative estimate of drug-likeness (QED) is 0.492. The Labute approximate surface area is 151 Å². The van der Waals surface area contributed by atoms with E-state index in [9.17, 15) is 0 Å². The topological polar surface area (TPSA) is 0 Å². The van der Waals surface area contributed by atoms with Gasteiger partial charge in [-0.25, -0.2) is 0 Å². The molecule has 0 fully saturated rings. The third-order valence-electron chi connectivity index (χ3n) is 2.66. The van der Waals surface area contributed by atoms with Gasteiger partial charge < -0.3 is 2.85 Å². The number of unbranched alkanes of at least 4 members (excludes halogenated alkanes) is 5. The second kappa shape index (κ2) is 14.2. The van der Waals surface area contributed by atoms with E-state index in [4.69, 9.17) is 0 Å². The van der Waals surface area contributed by atoms with Crippen molar-refractivity contribution in [3.63, 3.8) is 0 Å². The molecule has 1 aromatic carbocycles. The number of hydrogen-bond donors (Lipinski definition) is 0. The molecule has 0 aliphatic carbocycles. The zero-order chi connectivity index (χ0) is 10.1. The normalized spacial score (nSPS) is 9.06. The molecule has 0 atom stereocenters. The van der Waals surface area contributed by atoms with Crippen molar-refractivity contribution in [1.29, 1.82) is 0 Å². The van der Waals surface area contributed by atoms with Crippen molar-refractivity contribution in [2.24, 2.45) is 0 Å². The van der Waals surface area contributed by atoms with Gasteiger partial charge in [0.25, 0.3) is 0 Å². The smallest absolute Gasteiger partial charge is 1.00 e. The molecule has 0 bridgehead atoms. The Morgan fingerprint density at radius 1 is 0.875 bits per heavy atom. The van der Waals surface area contributed by atoms with Gasteiger partial charge in [-0.3, -0.25) is 0 Å². The maximum Gasteiger partial charge on any atom is 2.00 e. The van der Waals surface area contributed by atoms with Gasteiger partial charge in [0.1, 0.15) is 0 Å². The molecule has 0 radical (unpaired) electrons. The SMILES string of the molecule is CCCCCCCCc1ccccc1.S.[Ba+2].[H-].[H-]. The van der Waals surface area contributed by atoms with Crippen molar-refractivity contribution < 1.29 is 2.85 Å². The van der Waals surface area contributed by atoms with E-state index in [1.807, 2.05) is 0 Å². The van der Waals surface area contributed by atoms with Gasteiger partial charge in [0.05, 0.1) is 0 Å². The number of rotatable bonds is 7. The van der Waals surface area contributed by atoms with E-state index in [0.717, 1.165) is 0 Å². The Bertz CT molecular complexity index is 232. The molecule has 90 valence electrons. The van der Waals surface area contributed by atoms with Crippen LogP contribution in [0.3, 0.4) is 0 Å². The first-order valence-corrected chi connectivity index (χ1v) is 5.97. The molecular formula is C14H26BaS. The number of aryl methyl sites for hydroxylation is 1. The molecule has 0 spiro atoms. The van der Waals surface area contributed by atoms with Crippen LogP contribution >= 0.6 is 13.5 Å². The summed E-state index contributed by atoms with van der Waals surface area (Å²) in [4.78, 5) is 0. The summed E-state index contributed by atoms with van der Waals surface area (Å²) in [7, 11) is 0. The minimum atomic E-state index is 0. The maximum atomic E-state index is 2.27. The fourth-order valence-corrected chi connectivity index (χ4v) is 1.75. The van der Waals surface area contributed by atoms with Gasteiger partial charge in [-0.15, -0.1) is 0 Å². The number of hydrogen-bond acceptors (Lipinski definition) is 0.